The summed E-state index contributed by atoms with van der Waals surface area (Å²) in [6, 6.07) is 4.94. The van der Waals surface area contributed by atoms with Crippen LogP contribution in [0.15, 0.2) is 30.5 Å². The molecule has 0 saturated carbocycles. The largest absolute Gasteiger partial charge is 0.394 e. The van der Waals surface area contributed by atoms with Crippen LogP contribution >= 0.6 is 0 Å². The Labute approximate surface area is 198 Å². The highest BCUT2D eigenvalue weighted by Crippen LogP contribution is 2.19. The Hall–Kier alpha value is -3.05. The van der Waals surface area contributed by atoms with Crippen molar-refractivity contribution in [3.05, 3.63) is 42.0 Å². The number of rotatable bonds is 5. The molecule has 1 aliphatic heterocycles. The van der Waals surface area contributed by atoms with Gasteiger partial charge in [-0.2, -0.15) is 0 Å². The quantitative estimate of drug-likeness (QED) is 0.684. The normalized spacial score (nSPS) is 20.6. The predicted molar refractivity (Wildman–Crippen MR) is 123 cm³/mol. The van der Waals surface area contributed by atoms with Crippen LogP contribution in [0.4, 0.5) is 14.9 Å². The molecule has 186 valence electrons. The number of nitrogens with zero attached hydrogens (tertiary/aromatic N) is 5. The van der Waals surface area contributed by atoms with Gasteiger partial charge >= 0.3 is 6.03 Å². The molecule has 3 rings (SSSR count). The molecule has 3 atom stereocenters. The Morgan fingerprint density at radius 1 is 1.44 bits per heavy atom. The van der Waals surface area contributed by atoms with Crippen LogP contribution in [0.3, 0.4) is 0 Å². The molecule has 0 unspecified atom stereocenters. The first-order valence-corrected chi connectivity index (χ1v) is 11.5. The minimum atomic E-state index is -0.440. The SMILES string of the molecule is C[C@H](CO)N1C[C@H](C)[C@H](CN(C)C(=O)Nc2cccc(F)c2)OCc2cnnn2CCCC1=O. The van der Waals surface area contributed by atoms with Crippen LogP contribution in [0.2, 0.25) is 0 Å². The fraction of sp³-hybridized carbons (Fsp3) is 0.565. The van der Waals surface area contributed by atoms with Crippen LogP contribution in [0.25, 0.3) is 0 Å². The van der Waals surface area contributed by atoms with Gasteiger partial charge in [0.25, 0.3) is 0 Å². The number of ether oxygens (including phenoxy) is 1. The molecule has 0 saturated heterocycles. The van der Waals surface area contributed by atoms with E-state index in [-0.39, 0.29) is 37.6 Å². The molecule has 0 radical (unpaired) electrons. The van der Waals surface area contributed by atoms with Gasteiger partial charge in [-0.15, -0.1) is 5.10 Å². The van der Waals surface area contributed by atoms with Crippen LogP contribution in [-0.2, 0) is 22.7 Å². The third-order valence-corrected chi connectivity index (χ3v) is 6.02. The first kappa shape index (κ1) is 25.6. The van der Waals surface area contributed by atoms with Gasteiger partial charge in [-0.1, -0.05) is 18.2 Å². The zero-order valence-electron chi connectivity index (χ0n) is 19.9. The van der Waals surface area contributed by atoms with Crippen molar-refractivity contribution < 1.29 is 23.8 Å². The van der Waals surface area contributed by atoms with E-state index in [9.17, 15) is 19.1 Å². The average Bonchev–Trinajstić information content (AvgIpc) is 3.25. The number of aliphatic hydroxyl groups excluding tert-OH is 1. The van der Waals surface area contributed by atoms with E-state index >= 15 is 0 Å². The zero-order valence-corrected chi connectivity index (χ0v) is 19.9. The van der Waals surface area contributed by atoms with Gasteiger partial charge in [0.2, 0.25) is 5.91 Å². The Balaban J connectivity index is 1.76. The Morgan fingerprint density at radius 3 is 2.97 bits per heavy atom. The number of fused-ring (bicyclic) bond motifs is 1. The van der Waals surface area contributed by atoms with E-state index in [4.69, 9.17) is 4.74 Å². The number of likely N-dealkylation sites (N-methyl/N-ethyl adjacent to an activating group) is 1. The number of aryl methyl sites for hydroxylation is 1. The third kappa shape index (κ3) is 6.73. The van der Waals surface area contributed by atoms with E-state index in [1.807, 2.05) is 6.92 Å². The summed E-state index contributed by atoms with van der Waals surface area (Å²) in [5.41, 5.74) is 1.14. The van der Waals surface area contributed by atoms with E-state index in [0.717, 1.165) is 5.69 Å². The lowest BCUT2D eigenvalue weighted by Crippen LogP contribution is -2.48. The smallest absolute Gasteiger partial charge is 0.321 e. The lowest BCUT2D eigenvalue weighted by Gasteiger charge is -2.35. The van der Waals surface area contributed by atoms with Crippen molar-refractivity contribution in [2.45, 2.75) is 52.0 Å². The molecule has 10 nitrogen and oxygen atoms in total. The molecule has 1 aromatic heterocycles. The molecule has 0 fully saturated rings. The number of aliphatic hydroxyl groups is 1. The number of amides is 3. The summed E-state index contributed by atoms with van der Waals surface area (Å²) >= 11 is 0. The molecule has 2 heterocycles. The lowest BCUT2D eigenvalue weighted by atomic mass is 10.0. The first-order chi connectivity index (χ1) is 16.3. The fourth-order valence-corrected chi connectivity index (χ4v) is 3.88. The van der Waals surface area contributed by atoms with Gasteiger partial charge in [-0.05, 0) is 31.5 Å². The monoisotopic (exact) mass is 476 g/mol. The summed E-state index contributed by atoms with van der Waals surface area (Å²) in [5.74, 6) is -0.637. The second kappa shape index (κ2) is 11.9. The van der Waals surface area contributed by atoms with E-state index in [1.165, 1.54) is 23.1 Å². The maximum Gasteiger partial charge on any atom is 0.321 e. The molecule has 0 spiro atoms. The van der Waals surface area contributed by atoms with Crippen molar-refractivity contribution >= 4 is 17.6 Å². The summed E-state index contributed by atoms with van der Waals surface area (Å²) in [7, 11) is 1.63. The minimum Gasteiger partial charge on any atom is -0.394 e. The van der Waals surface area contributed by atoms with Crippen molar-refractivity contribution in [1.82, 2.24) is 24.8 Å². The number of anilines is 1. The number of benzene rings is 1. The van der Waals surface area contributed by atoms with E-state index in [2.05, 4.69) is 15.6 Å². The lowest BCUT2D eigenvalue weighted by molar-refractivity contribution is -0.136. The van der Waals surface area contributed by atoms with E-state index in [1.54, 1.807) is 35.8 Å². The van der Waals surface area contributed by atoms with E-state index < -0.39 is 18.0 Å². The Bertz CT molecular complexity index is 970. The van der Waals surface area contributed by atoms with Gasteiger partial charge in [-0.25, -0.2) is 13.9 Å². The van der Waals surface area contributed by atoms with Crippen LogP contribution < -0.4 is 5.32 Å². The predicted octanol–water partition coefficient (Wildman–Crippen LogP) is 2.11. The summed E-state index contributed by atoms with van der Waals surface area (Å²) in [4.78, 5) is 28.8. The van der Waals surface area contributed by atoms with Crippen molar-refractivity contribution in [2.24, 2.45) is 5.92 Å². The number of carbonyl (C=O) groups is 2. The second-order valence-corrected chi connectivity index (χ2v) is 8.78. The van der Waals surface area contributed by atoms with Crippen molar-refractivity contribution in [1.29, 1.82) is 0 Å². The number of carbonyl (C=O) groups excluding carboxylic acids is 2. The maximum atomic E-state index is 13.5. The van der Waals surface area contributed by atoms with Gasteiger partial charge in [0, 0.05) is 44.7 Å². The van der Waals surface area contributed by atoms with Gasteiger partial charge in [-0.3, -0.25) is 4.79 Å². The molecule has 0 aliphatic carbocycles. The van der Waals surface area contributed by atoms with Gasteiger partial charge in [0.15, 0.2) is 0 Å². The number of hydrogen-bond acceptors (Lipinski definition) is 6. The maximum absolute atomic E-state index is 13.5. The molecule has 0 bridgehead atoms. The Morgan fingerprint density at radius 2 is 2.24 bits per heavy atom. The molecular formula is C23H33FN6O4. The molecule has 2 N–H and O–H groups in total. The van der Waals surface area contributed by atoms with Gasteiger partial charge in [0.1, 0.15) is 5.82 Å². The average molecular weight is 477 g/mol. The van der Waals surface area contributed by atoms with Crippen molar-refractivity contribution in [3.8, 4) is 0 Å². The summed E-state index contributed by atoms with van der Waals surface area (Å²) < 4.78 is 21.4. The number of hydrogen-bond donors (Lipinski definition) is 2. The number of halogens is 1. The van der Waals surface area contributed by atoms with Crippen molar-refractivity contribution in [3.63, 3.8) is 0 Å². The second-order valence-electron chi connectivity index (χ2n) is 8.78. The van der Waals surface area contributed by atoms with Crippen LogP contribution in [0, 0.1) is 11.7 Å². The molecule has 11 heteroatoms. The number of nitrogens with one attached hydrogen (secondary N) is 1. The molecular weight excluding hydrogens is 443 g/mol. The first-order valence-electron chi connectivity index (χ1n) is 11.5. The summed E-state index contributed by atoms with van der Waals surface area (Å²) in [5, 5.41) is 20.4. The third-order valence-electron chi connectivity index (χ3n) is 6.02. The highest BCUT2D eigenvalue weighted by molar-refractivity contribution is 5.89. The van der Waals surface area contributed by atoms with Crippen LogP contribution in [0.5, 0.6) is 0 Å². The van der Waals surface area contributed by atoms with Gasteiger partial charge in [0.05, 0.1) is 37.3 Å². The molecule has 34 heavy (non-hydrogen) atoms. The highest BCUT2D eigenvalue weighted by Gasteiger charge is 2.29. The van der Waals surface area contributed by atoms with Gasteiger partial charge < -0.3 is 25.0 Å². The number of aromatic nitrogens is 3. The molecule has 2 aromatic rings. The molecule has 1 aromatic carbocycles. The Kier molecular flexibility index (Phi) is 8.94. The summed E-state index contributed by atoms with van der Waals surface area (Å²) in [6.45, 7) is 5.01. The topological polar surface area (TPSA) is 113 Å². The molecule has 1 aliphatic rings. The molecule has 3 amide bonds. The van der Waals surface area contributed by atoms with Crippen LogP contribution in [0.1, 0.15) is 32.4 Å². The zero-order chi connectivity index (χ0) is 24.7. The summed E-state index contributed by atoms with van der Waals surface area (Å²) in [6.07, 6.45) is 2.14. The minimum absolute atomic E-state index is 0.0495. The fourth-order valence-electron chi connectivity index (χ4n) is 3.88. The van der Waals surface area contributed by atoms with Crippen molar-refractivity contribution in [2.75, 3.05) is 32.1 Å². The van der Waals surface area contributed by atoms with Crippen LogP contribution in [-0.4, -0.2) is 80.7 Å². The number of urea groups is 1. The van der Waals surface area contributed by atoms with E-state index in [0.29, 0.717) is 31.6 Å². The standard InChI is InChI=1S/C23H33FN6O4/c1-16-12-29(17(2)14-31)22(32)8-5-9-30-20(11-25-27-30)15-34-21(16)13-28(3)23(33)26-19-7-4-6-18(24)10-19/h4,6-7,10-11,16-17,21,31H,5,8-9,12-15H2,1-3H3,(H,26,33)/t16-,17+,21-/m0/s1. The highest BCUT2D eigenvalue weighted by atomic mass is 19.1.